The maximum Gasteiger partial charge on any atom is 0.0668 e. The van der Waals surface area contributed by atoms with E-state index in [9.17, 15) is 0 Å². The molecule has 0 aliphatic rings. The smallest absolute Gasteiger partial charge is 0.0668 e. The van der Waals surface area contributed by atoms with Gasteiger partial charge in [-0.25, -0.2) is 5.32 Å². The summed E-state index contributed by atoms with van der Waals surface area (Å²) < 4.78 is 0. The van der Waals surface area contributed by atoms with Gasteiger partial charge in [-0.05, 0) is 62.1 Å². The lowest BCUT2D eigenvalue weighted by Crippen LogP contribution is -1.96. The Morgan fingerprint density at radius 1 is 0.647 bits per heavy atom. The summed E-state index contributed by atoms with van der Waals surface area (Å²) in [5.41, 5.74) is 7.23. The van der Waals surface area contributed by atoms with Crippen LogP contribution >= 0.6 is 0 Å². The van der Waals surface area contributed by atoms with Crippen molar-refractivity contribution in [3.05, 3.63) is 58.7 Å². The van der Waals surface area contributed by atoms with Crippen molar-refractivity contribution in [2.24, 2.45) is 0 Å². The zero-order valence-corrected chi connectivity index (χ0v) is 10.9. The Morgan fingerprint density at radius 2 is 1.06 bits per heavy atom. The number of hydrogen-bond acceptors (Lipinski definition) is 0. The molecule has 0 spiro atoms. The van der Waals surface area contributed by atoms with Crippen LogP contribution in [0.25, 0.3) is 0 Å². The van der Waals surface area contributed by atoms with Crippen molar-refractivity contribution in [2.45, 2.75) is 27.7 Å². The van der Waals surface area contributed by atoms with Crippen molar-refractivity contribution in [1.29, 1.82) is 0 Å². The third-order valence-electron chi connectivity index (χ3n) is 3.39. The van der Waals surface area contributed by atoms with Gasteiger partial charge in [0.05, 0.1) is 11.4 Å². The Bertz CT molecular complexity index is 492. The van der Waals surface area contributed by atoms with E-state index in [0.29, 0.717) is 0 Å². The van der Waals surface area contributed by atoms with Crippen LogP contribution in [0, 0.1) is 27.7 Å². The fourth-order valence-electron chi connectivity index (χ4n) is 1.84. The van der Waals surface area contributed by atoms with Gasteiger partial charge < -0.3 is 0 Å². The SMILES string of the molecule is Cc1cccc([N]c2cccc(C)c2C)c1C. The van der Waals surface area contributed by atoms with Gasteiger partial charge in [-0.2, -0.15) is 0 Å². The highest BCUT2D eigenvalue weighted by Crippen LogP contribution is 2.26. The van der Waals surface area contributed by atoms with Gasteiger partial charge in [-0.3, -0.25) is 0 Å². The van der Waals surface area contributed by atoms with Crippen LogP contribution in [0.15, 0.2) is 36.4 Å². The van der Waals surface area contributed by atoms with Crippen LogP contribution in [0.3, 0.4) is 0 Å². The fourth-order valence-corrected chi connectivity index (χ4v) is 1.84. The van der Waals surface area contributed by atoms with Crippen LogP contribution in [-0.4, -0.2) is 0 Å². The van der Waals surface area contributed by atoms with Crippen molar-refractivity contribution >= 4 is 11.4 Å². The lowest BCUT2D eigenvalue weighted by Gasteiger charge is -2.11. The van der Waals surface area contributed by atoms with E-state index < -0.39 is 0 Å². The minimum Gasteiger partial charge on any atom is -0.248 e. The second kappa shape index (κ2) is 4.62. The summed E-state index contributed by atoms with van der Waals surface area (Å²) in [4.78, 5) is 0. The van der Waals surface area contributed by atoms with Gasteiger partial charge in [0.2, 0.25) is 0 Å². The summed E-state index contributed by atoms with van der Waals surface area (Å²) in [5.74, 6) is 0. The summed E-state index contributed by atoms with van der Waals surface area (Å²) in [6.07, 6.45) is 0. The molecule has 0 bridgehead atoms. The van der Waals surface area contributed by atoms with E-state index in [0.717, 1.165) is 11.4 Å². The summed E-state index contributed by atoms with van der Waals surface area (Å²) in [7, 11) is 0. The molecule has 2 aromatic rings. The zero-order chi connectivity index (χ0) is 12.4. The highest BCUT2D eigenvalue weighted by Gasteiger charge is 2.06. The molecule has 1 heteroatoms. The molecule has 0 saturated carbocycles. The molecule has 0 amide bonds. The Hall–Kier alpha value is -1.76. The van der Waals surface area contributed by atoms with E-state index in [1.807, 2.05) is 0 Å². The van der Waals surface area contributed by atoms with Crippen molar-refractivity contribution < 1.29 is 0 Å². The van der Waals surface area contributed by atoms with Crippen LogP contribution in [0.4, 0.5) is 11.4 Å². The summed E-state index contributed by atoms with van der Waals surface area (Å²) in [6.45, 7) is 8.49. The third-order valence-corrected chi connectivity index (χ3v) is 3.39. The molecule has 87 valence electrons. The normalized spacial score (nSPS) is 10.4. The molecule has 2 rings (SSSR count). The van der Waals surface area contributed by atoms with Crippen LogP contribution in [0.5, 0.6) is 0 Å². The summed E-state index contributed by atoms with van der Waals surface area (Å²) in [6, 6.07) is 12.5. The Labute approximate surface area is 103 Å². The molecule has 2 aromatic carbocycles. The van der Waals surface area contributed by atoms with E-state index in [1.165, 1.54) is 22.3 Å². The van der Waals surface area contributed by atoms with E-state index in [1.54, 1.807) is 0 Å². The molecule has 17 heavy (non-hydrogen) atoms. The van der Waals surface area contributed by atoms with Gasteiger partial charge in [-0.15, -0.1) is 0 Å². The van der Waals surface area contributed by atoms with Crippen LogP contribution in [0.2, 0.25) is 0 Å². The zero-order valence-electron chi connectivity index (χ0n) is 10.9. The van der Waals surface area contributed by atoms with E-state index in [2.05, 4.69) is 64.1 Å². The second-order valence-corrected chi connectivity index (χ2v) is 4.55. The third kappa shape index (κ3) is 2.33. The highest BCUT2D eigenvalue weighted by molar-refractivity contribution is 5.58. The minimum atomic E-state index is 1.07. The molecule has 0 aliphatic heterocycles. The van der Waals surface area contributed by atoms with Gasteiger partial charge in [0.25, 0.3) is 0 Å². The van der Waals surface area contributed by atoms with E-state index in [4.69, 9.17) is 5.32 Å². The van der Waals surface area contributed by atoms with Gasteiger partial charge in [0.15, 0.2) is 0 Å². The molecule has 1 radical (unpaired) electrons. The minimum absolute atomic E-state index is 1.07. The largest absolute Gasteiger partial charge is 0.248 e. The highest BCUT2D eigenvalue weighted by atomic mass is 14.9. The molecular weight excluding hydrogens is 206 g/mol. The molecule has 0 heterocycles. The summed E-state index contributed by atoms with van der Waals surface area (Å²) in [5, 5.41) is 4.76. The van der Waals surface area contributed by atoms with Gasteiger partial charge in [-0.1, -0.05) is 24.3 Å². The number of rotatable bonds is 2. The average molecular weight is 224 g/mol. The fraction of sp³-hybridized carbons (Fsp3) is 0.250. The second-order valence-electron chi connectivity index (χ2n) is 4.55. The van der Waals surface area contributed by atoms with E-state index in [-0.39, 0.29) is 0 Å². The molecular formula is C16H18N. The first kappa shape index (κ1) is 11.7. The molecule has 0 unspecified atom stereocenters. The van der Waals surface area contributed by atoms with E-state index >= 15 is 0 Å². The quantitative estimate of drug-likeness (QED) is 0.713. The topological polar surface area (TPSA) is 14.1 Å². The van der Waals surface area contributed by atoms with Crippen LogP contribution < -0.4 is 5.32 Å². The molecule has 1 nitrogen and oxygen atoms in total. The first-order valence-corrected chi connectivity index (χ1v) is 5.94. The van der Waals surface area contributed by atoms with Crippen molar-refractivity contribution in [3.8, 4) is 0 Å². The molecule has 0 atom stereocenters. The Morgan fingerprint density at radius 3 is 1.47 bits per heavy atom. The maximum atomic E-state index is 4.76. The van der Waals surface area contributed by atoms with Crippen molar-refractivity contribution in [3.63, 3.8) is 0 Å². The predicted octanol–water partition coefficient (Wildman–Crippen LogP) is 4.49. The number of nitrogens with zero attached hydrogens (tertiary/aromatic N) is 1. The van der Waals surface area contributed by atoms with Crippen LogP contribution in [-0.2, 0) is 0 Å². The number of hydrogen-bond donors (Lipinski definition) is 0. The molecule has 0 N–H and O–H groups in total. The lowest BCUT2D eigenvalue weighted by molar-refractivity contribution is 1.12. The monoisotopic (exact) mass is 224 g/mol. The predicted molar refractivity (Wildman–Crippen MR) is 73.3 cm³/mol. The average Bonchev–Trinajstić information content (AvgIpc) is 2.31. The first-order chi connectivity index (χ1) is 8.09. The van der Waals surface area contributed by atoms with Crippen molar-refractivity contribution in [2.75, 3.05) is 0 Å². The van der Waals surface area contributed by atoms with Gasteiger partial charge in [0, 0.05) is 0 Å². The number of aryl methyl sites for hydroxylation is 2. The lowest BCUT2D eigenvalue weighted by atomic mass is 10.1. The Kier molecular flexibility index (Phi) is 3.19. The molecule has 0 aliphatic carbocycles. The summed E-state index contributed by atoms with van der Waals surface area (Å²) >= 11 is 0. The molecule has 0 fully saturated rings. The maximum absolute atomic E-state index is 4.76. The van der Waals surface area contributed by atoms with Crippen LogP contribution in [0.1, 0.15) is 22.3 Å². The first-order valence-electron chi connectivity index (χ1n) is 5.94. The number of benzene rings is 2. The Balaban J connectivity index is 2.38. The van der Waals surface area contributed by atoms with Crippen molar-refractivity contribution in [1.82, 2.24) is 5.32 Å². The standard InChI is InChI=1S/C16H18N/c1-11-7-5-9-15(13(11)3)17-16-10-6-8-12(2)14(16)4/h5-10H,1-4H3. The molecule has 0 aromatic heterocycles. The van der Waals surface area contributed by atoms with Gasteiger partial charge >= 0.3 is 0 Å². The van der Waals surface area contributed by atoms with Gasteiger partial charge in [0.1, 0.15) is 0 Å². The molecule has 0 saturated heterocycles.